The number of hydrogen-bond acceptors (Lipinski definition) is 5. The Morgan fingerprint density at radius 1 is 1.03 bits per heavy atom. The lowest BCUT2D eigenvalue weighted by Crippen LogP contribution is -1.93. The highest BCUT2D eigenvalue weighted by atomic mass is 35.5. The maximum absolute atomic E-state index is 10.4. The van der Waals surface area contributed by atoms with Gasteiger partial charge in [-0.1, -0.05) is 41.9 Å². The number of aromatic nitrogens is 1. The average molecular weight is 443 g/mol. The Hall–Kier alpha value is -3.83. The monoisotopic (exact) mass is 442 g/mol. The first kappa shape index (κ1) is 20.1. The van der Waals surface area contributed by atoms with Crippen molar-refractivity contribution < 1.29 is 14.3 Å². The van der Waals surface area contributed by atoms with E-state index in [1.54, 1.807) is 18.3 Å². The molecule has 0 spiro atoms. The van der Waals surface area contributed by atoms with E-state index < -0.39 is 0 Å². The molecule has 0 aliphatic carbocycles. The Morgan fingerprint density at radius 3 is 2.72 bits per heavy atom. The molecule has 158 valence electrons. The second-order valence-corrected chi connectivity index (χ2v) is 7.60. The molecule has 0 saturated heterocycles. The topological polar surface area (TPSA) is 67.9 Å². The van der Waals surface area contributed by atoms with Crippen LogP contribution in [0.5, 0.6) is 11.5 Å². The number of para-hydroxylation sites is 1. The molecule has 1 aromatic heterocycles. The number of nitrogens with zero attached hydrogens (tertiary/aromatic N) is 2. The fourth-order valence-electron chi connectivity index (χ4n) is 3.63. The van der Waals surface area contributed by atoms with Gasteiger partial charge in [0.05, 0.1) is 12.3 Å². The molecule has 0 atom stereocenters. The average Bonchev–Trinajstić information content (AvgIpc) is 3.23. The Kier molecular flexibility index (Phi) is 5.25. The molecule has 0 unspecified atom stereocenters. The van der Waals surface area contributed by atoms with Crippen LogP contribution in [0.4, 0.5) is 5.69 Å². The molecule has 5 nitrogen and oxygen atoms in total. The molecule has 0 bridgehead atoms. The van der Waals surface area contributed by atoms with Crippen molar-refractivity contribution in [3.05, 3.63) is 83.4 Å². The number of hydrogen-bond donors (Lipinski definition) is 1. The van der Waals surface area contributed by atoms with Gasteiger partial charge in [-0.3, -0.25) is 4.99 Å². The zero-order valence-electron chi connectivity index (χ0n) is 17.2. The lowest BCUT2D eigenvalue weighted by atomic mass is 10.0. The first-order valence-electron chi connectivity index (χ1n) is 10.2. The number of ether oxygens (including phenoxy) is 1. The van der Waals surface area contributed by atoms with Crippen LogP contribution in [0.3, 0.4) is 0 Å². The van der Waals surface area contributed by atoms with Gasteiger partial charge in [-0.05, 0) is 54.8 Å². The van der Waals surface area contributed by atoms with Crippen LogP contribution in [-0.2, 0) is 0 Å². The van der Waals surface area contributed by atoms with Crippen molar-refractivity contribution >= 4 is 45.4 Å². The first-order valence-corrected chi connectivity index (χ1v) is 10.6. The van der Waals surface area contributed by atoms with Gasteiger partial charge in [0.2, 0.25) is 5.89 Å². The lowest BCUT2D eigenvalue weighted by Gasteiger charge is -2.07. The molecule has 0 amide bonds. The Morgan fingerprint density at radius 2 is 1.84 bits per heavy atom. The number of rotatable bonds is 5. The number of aliphatic imine (C=N–C) groups is 1. The zero-order chi connectivity index (χ0) is 22.1. The van der Waals surface area contributed by atoms with Crippen LogP contribution in [0.15, 0.2) is 82.2 Å². The third-order valence-corrected chi connectivity index (χ3v) is 5.48. The van der Waals surface area contributed by atoms with E-state index in [0.29, 0.717) is 45.6 Å². The number of aromatic hydroxyl groups is 1. The molecule has 0 aliphatic heterocycles. The van der Waals surface area contributed by atoms with Gasteiger partial charge in [0.1, 0.15) is 5.52 Å². The number of fused-ring (bicyclic) bond motifs is 2. The summed E-state index contributed by atoms with van der Waals surface area (Å²) in [6.45, 7) is 2.34. The van der Waals surface area contributed by atoms with E-state index in [1.807, 2.05) is 67.6 Å². The van der Waals surface area contributed by atoms with E-state index in [-0.39, 0.29) is 5.75 Å². The highest BCUT2D eigenvalue weighted by Gasteiger charge is 2.13. The summed E-state index contributed by atoms with van der Waals surface area (Å²) in [4.78, 5) is 9.17. The highest BCUT2D eigenvalue weighted by molar-refractivity contribution is 6.35. The van der Waals surface area contributed by atoms with Gasteiger partial charge in [0, 0.05) is 27.8 Å². The molecule has 5 aromatic rings. The number of phenols is 1. The van der Waals surface area contributed by atoms with Crippen LogP contribution in [0.25, 0.3) is 33.3 Å². The molecule has 1 heterocycles. The third kappa shape index (κ3) is 3.67. The van der Waals surface area contributed by atoms with Crippen LogP contribution in [0.1, 0.15) is 12.5 Å². The highest BCUT2D eigenvalue weighted by Crippen LogP contribution is 2.34. The summed E-state index contributed by atoms with van der Waals surface area (Å²) in [6, 6.07) is 22.5. The van der Waals surface area contributed by atoms with Crippen molar-refractivity contribution in [2.24, 2.45) is 4.99 Å². The van der Waals surface area contributed by atoms with Crippen molar-refractivity contribution in [2.75, 3.05) is 6.61 Å². The maximum Gasteiger partial charge on any atom is 0.227 e. The van der Waals surface area contributed by atoms with Gasteiger partial charge < -0.3 is 14.3 Å². The summed E-state index contributed by atoms with van der Waals surface area (Å²) in [5.74, 6) is 1.02. The normalized spacial score (nSPS) is 11.6. The minimum atomic E-state index is 0.0671. The molecule has 1 N–H and O–H groups in total. The van der Waals surface area contributed by atoms with Crippen LogP contribution in [-0.4, -0.2) is 22.9 Å². The SMILES string of the molecule is CCOc1cccc(C=Nc2ccc3oc(-c4cccc5c(Cl)cccc45)nc3c2)c1O. The van der Waals surface area contributed by atoms with Crippen LogP contribution in [0.2, 0.25) is 5.02 Å². The summed E-state index contributed by atoms with van der Waals surface area (Å²) in [5, 5.41) is 13.0. The lowest BCUT2D eigenvalue weighted by molar-refractivity contribution is 0.318. The molecule has 6 heteroatoms. The number of halogens is 1. The predicted octanol–water partition coefficient (Wildman–Crippen LogP) is 7.16. The van der Waals surface area contributed by atoms with Crippen molar-refractivity contribution in [2.45, 2.75) is 6.92 Å². The summed E-state index contributed by atoms with van der Waals surface area (Å²) in [5.41, 5.74) is 3.51. The number of phenolic OH excluding ortho intramolecular Hbond substituents is 1. The van der Waals surface area contributed by atoms with Crippen molar-refractivity contribution in [3.8, 4) is 23.0 Å². The van der Waals surface area contributed by atoms with Gasteiger partial charge in [-0.15, -0.1) is 0 Å². The third-order valence-electron chi connectivity index (χ3n) is 5.15. The minimum Gasteiger partial charge on any atom is -0.504 e. The second kappa shape index (κ2) is 8.36. The van der Waals surface area contributed by atoms with E-state index in [1.165, 1.54) is 0 Å². The van der Waals surface area contributed by atoms with Crippen molar-refractivity contribution in [1.29, 1.82) is 0 Å². The standard InChI is InChI=1S/C26H19ClN2O3/c1-2-31-24-11-3-6-16(25(24)30)15-28-17-12-13-23-22(14-17)29-26(32-23)20-9-4-8-19-18(20)7-5-10-21(19)27/h3-15,30H,2H2,1H3. The predicted molar refractivity (Wildman–Crippen MR) is 128 cm³/mol. The molecule has 0 fully saturated rings. The zero-order valence-corrected chi connectivity index (χ0v) is 18.0. The van der Waals surface area contributed by atoms with Gasteiger partial charge in [0.15, 0.2) is 17.1 Å². The van der Waals surface area contributed by atoms with E-state index in [4.69, 9.17) is 20.8 Å². The fraction of sp³-hybridized carbons (Fsp3) is 0.0769. The van der Waals surface area contributed by atoms with Gasteiger partial charge in [-0.25, -0.2) is 4.98 Å². The summed E-state index contributed by atoms with van der Waals surface area (Å²) >= 11 is 6.35. The Bertz CT molecular complexity index is 1470. The van der Waals surface area contributed by atoms with Crippen LogP contribution >= 0.6 is 11.6 Å². The molecule has 0 radical (unpaired) electrons. The van der Waals surface area contributed by atoms with E-state index in [9.17, 15) is 5.11 Å². The molecule has 0 saturated carbocycles. The van der Waals surface area contributed by atoms with E-state index in [0.717, 1.165) is 16.3 Å². The summed E-state index contributed by atoms with van der Waals surface area (Å²) in [7, 11) is 0. The van der Waals surface area contributed by atoms with E-state index in [2.05, 4.69) is 9.98 Å². The molecule has 4 aromatic carbocycles. The quantitative estimate of drug-likeness (QED) is 0.293. The van der Waals surface area contributed by atoms with Gasteiger partial charge in [-0.2, -0.15) is 0 Å². The largest absolute Gasteiger partial charge is 0.504 e. The molecular formula is C26H19ClN2O3. The van der Waals surface area contributed by atoms with Gasteiger partial charge >= 0.3 is 0 Å². The van der Waals surface area contributed by atoms with Crippen LogP contribution < -0.4 is 4.74 Å². The molecular weight excluding hydrogens is 424 g/mol. The summed E-state index contributed by atoms with van der Waals surface area (Å²) < 4.78 is 11.4. The smallest absolute Gasteiger partial charge is 0.227 e. The molecule has 32 heavy (non-hydrogen) atoms. The van der Waals surface area contributed by atoms with Crippen LogP contribution in [0, 0.1) is 0 Å². The molecule has 5 rings (SSSR count). The Labute approximate surface area is 189 Å². The fourth-order valence-corrected chi connectivity index (χ4v) is 3.87. The second-order valence-electron chi connectivity index (χ2n) is 7.20. The van der Waals surface area contributed by atoms with Crippen molar-refractivity contribution in [1.82, 2.24) is 4.98 Å². The first-order chi connectivity index (χ1) is 15.6. The van der Waals surface area contributed by atoms with Crippen molar-refractivity contribution in [3.63, 3.8) is 0 Å². The van der Waals surface area contributed by atoms with E-state index >= 15 is 0 Å². The maximum atomic E-state index is 10.4. The Balaban J connectivity index is 1.50. The minimum absolute atomic E-state index is 0.0671. The number of benzene rings is 4. The number of oxazole rings is 1. The van der Waals surface area contributed by atoms with Gasteiger partial charge in [0.25, 0.3) is 0 Å². The summed E-state index contributed by atoms with van der Waals surface area (Å²) in [6.07, 6.45) is 1.60. The molecule has 0 aliphatic rings.